The molecule has 1 N–H and O–H groups in total. The molecule has 10 heteroatoms. The van der Waals surface area contributed by atoms with E-state index in [9.17, 15) is 18.0 Å². The van der Waals surface area contributed by atoms with Crippen LogP contribution >= 0.6 is 0 Å². The van der Waals surface area contributed by atoms with Gasteiger partial charge in [-0.2, -0.15) is 13.2 Å². The van der Waals surface area contributed by atoms with Gasteiger partial charge in [-0.05, 0) is 44.0 Å². The molecule has 170 valence electrons. The van der Waals surface area contributed by atoms with Gasteiger partial charge < -0.3 is 14.6 Å². The highest BCUT2D eigenvalue weighted by Crippen LogP contribution is 2.30. The molecule has 7 nitrogen and oxygen atoms in total. The Hall–Kier alpha value is -3.87. The van der Waals surface area contributed by atoms with E-state index in [2.05, 4.69) is 26.2 Å². The maximum atomic E-state index is 13.5. The molecular formula is C23H20F3N5O2. The summed E-state index contributed by atoms with van der Waals surface area (Å²) >= 11 is 0. The van der Waals surface area contributed by atoms with E-state index in [4.69, 9.17) is 10.8 Å². The van der Waals surface area contributed by atoms with Crippen molar-refractivity contribution in [2.75, 3.05) is 11.9 Å². The van der Waals surface area contributed by atoms with Crippen molar-refractivity contribution in [2.45, 2.75) is 38.0 Å². The van der Waals surface area contributed by atoms with E-state index in [-0.39, 0.29) is 23.3 Å². The SMILES string of the molecule is C#CC1C(Nc2ccc(C(F)(F)F)cn2)CCCN1C(=O)c1nc(C)ccc1-c1ncco1. The van der Waals surface area contributed by atoms with Crippen molar-refractivity contribution in [2.24, 2.45) is 0 Å². The number of hydrogen-bond donors (Lipinski definition) is 1. The summed E-state index contributed by atoms with van der Waals surface area (Å²) in [5, 5.41) is 3.08. The number of hydrogen-bond acceptors (Lipinski definition) is 6. The first kappa shape index (κ1) is 22.3. The molecule has 3 aromatic heterocycles. The maximum Gasteiger partial charge on any atom is 0.417 e. The first-order valence-corrected chi connectivity index (χ1v) is 10.2. The van der Waals surface area contributed by atoms with Gasteiger partial charge in [0.2, 0.25) is 5.89 Å². The molecule has 3 aromatic rings. The van der Waals surface area contributed by atoms with E-state index < -0.39 is 23.8 Å². The number of anilines is 1. The number of terminal acetylenes is 1. The van der Waals surface area contributed by atoms with Crippen molar-refractivity contribution >= 4 is 11.7 Å². The molecule has 0 radical (unpaired) electrons. The molecule has 4 heterocycles. The number of likely N-dealkylation sites (tertiary alicyclic amines) is 1. The molecule has 33 heavy (non-hydrogen) atoms. The van der Waals surface area contributed by atoms with Crippen LogP contribution in [0, 0.1) is 19.3 Å². The van der Waals surface area contributed by atoms with Crippen LogP contribution in [0.25, 0.3) is 11.5 Å². The summed E-state index contributed by atoms with van der Waals surface area (Å²) in [6, 6.07) is 4.62. The van der Waals surface area contributed by atoms with Gasteiger partial charge in [-0.3, -0.25) is 4.79 Å². The molecule has 0 aromatic carbocycles. The van der Waals surface area contributed by atoms with Gasteiger partial charge in [-0.25, -0.2) is 15.0 Å². The minimum Gasteiger partial charge on any atom is -0.444 e. The van der Waals surface area contributed by atoms with E-state index in [0.29, 0.717) is 30.6 Å². The zero-order chi connectivity index (χ0) is 23.6. The first-order valence-electron chi connectivity index (χ1n) is 10.2. The number of aryl methyl sites for hydroxylation is 1. The molecule has 1 aliphatic heterocycles. The summed E-state index contributed by atoms with van der Waals surface area (Å²) in [4.78, 5) is 27.5. The van der Waals surface area contributed by atoms with Crippen molar-refractivity contribution in [3.05, 3.63) is 59.9 Å². The minimum atomic E-state index is -4.47. The molecule has 1 fully saturated rings. The van der Waals surface area contributed by atoms with Crippen molar-refractivity contribution in [3.8, 4) is 23.8 Å². The lowest BCUT2D eigenvalue weighted by atomic mass is 9.95. The molecular weight excluding hydrogens is 435 g/mol. The molecule has 1 amide bonds. The Morgan fingerprint density at radius 3 is 2.73 bits per heavy atom. The van der Waals surface area contributed by atoms with Crippen molar-refractivity contribution < 1.29 is 22.4 Å². The Morgan fingerprint density at radius 2 is 2.09 bits per heavy atom. The number of carbonyl (C=O) groups excluding carboxylic acids is 1. The van der Waals surface area contributed by atoms with E-state index in [0.717, 1.165) is 12.3 Å². The predicted molar refractivity (Wildman–Crippen MR) is 114 cm³/mol. The second kappa shape index (κ2) is 8.94. The standard InChI is InChI=1S/C23H20F3N5O2/c1-3-18-17(30-19-9-7-15(13-28-19)23(24,25)26)5-4-11-31(18)22(32)20-16(8-6-14(2)29-20)21-27-10-12-33-21/h1,6-10,12-13,17-18H,4-5,11H2,2H3,(H,28,30). The van der Waals surface area contributed by atoms with Crippen LogP contribution in [0.4, 0.5) is 19.0 Å². The van der Waals surface area contributed by atoms with Crippen LogP contribution in [0.5, 0.6) is 0 Å². The number of oxazole rings is 1. The lowest BCUT2D eigenvalue weighted by Gasteiger charge is -2.39. The quantitative estimate of drug-likeness (QED) is 0.595. The summed E-state index contributed by atoms with van der Waals surface area (Å²) in [7, 11) is 0. The average Bonchev–Trinajstić information content (AvgIpc) is 3.33. The Kier molecular flexibility index (Phi) is 6.05. The topological polar surface area (TPSA) is 84.2 Å². The molecule has 0 spiro atoms. The van der Waals surface area contributed by atoms with Crippen LogP contribution in [0.3, 0.4) is 0 Å². The highest BCUT2D eigenvalue weighted by atomic mass is 19.4. The van der Waals surface area contributed by atoms with E-state index >= 15 is 0 Å². The predicted octanol–water partition coefficient (Wildman–Crippen LogP) is 4.18. The van der Waals surface area contributed by atoms with Crippen LogP contribution in [0.15, 0.2) is 47.3 Å². The summed E-state index contributed by atoms with van der Waals surface area (Å²) in [6.07, 6.45) is 6.23. The highest BCUT2D eigenvalue weighted by Gasteiger charge is 2.36. The molecule has 2 unspecified atom stereocenters. The van der Waals surface area contributed by atoms with Crippen LogP contribution in [0.2, 0.25) is 0 Å². The Labute approximate surface area is 188 Å². The molecule has 0 saturated carbocycles. The van der Waals surface area contributed by atoms with E-state index in [1.165, 1.54) is 18.5 Å². The lowest BCUT2D eigenvalue weighted by molar-refractivity contribution is -0.137. The molecule has 2 atom stereocenters. The summed E-state index contributed by atoms with van der Waals surface area (Å²) < 4.78 is 43.8. The molecule has 0 bridgehead atoms. The average molecular weight is 455 g/mol. The van der Waals surface area contributed by atoms with Gasteiger partial charge in [0.1, 0.15) is 23.8 Å². The number of pyridine rings is 2. The van der Waals surface area contributed by atoms with Crippen LogP contribution in [-0.4, -0.2) is 44.4 Å². The number of aromatic nitrogens is 3. The highest BCUT2D eigenvalue weighted by molar-refractivity contribution is 5.98. The van der Waals surface area contributed by atoms with Gasteiger partial charge in [0.25, 0.3) is 5.91 Å². The van der Waals surface area contributed by atoms with Crippen LogP contribution < -0.4 is 5.32 Å². The second-order valence-electron chi connectivity index (χ2n) is 7.62. The molecule has 0 aliphatic carbocycles. The second-order valence-corrected chi connectivity index (χ2v) is 7.62. The number of alkyl halides is 3. The van der Waals surface area contributed by atoms with Crippen molar-refractivity contribution in [3.63, 3.8) is 0 Å². The molecule has 1 aliphatic rings. The molecule has 4 rings (SSSR count). The fourth-order valence-corrected chi connectivity index (χ4v) is 3.80. The third kappa shape index (κ3) is 4.67. The smallest absolute Gasteiger partial charge is 0.417 e. The third-order valence-electron chi connectivity index (χ3n) is 5.39. The summed E-state index contributed by atoms with van der Waals surface area (Å²) in [5.41, 5.74) is 0.426. The summed E-state index contributed by atoms with van der Waals surface area (Å²) in [5.74, 6) is 2.79. The van der Waals surface area contributed by atoms with Gasteiger partial charge in [-0.1, -0.05) is 5.92 Å². The monoisotopic (exact) mass is 455 g/mol. The fourth-order valence-electron chi connectivity index (χ4n) is 3.80. The van der Waals surface area contributed by atoms with E-state index in [1.807, 2.05) is 0 Å². The number of piperidine rings is 1. The minimum absolute atomic E-state index is 0.172. The Morgan fingerprint density at radius 1 is 1.27 bits per heavy atom. The maximum absolute atomic E-state index is 13.5. The zero-order valence-corrected chi connectivity index (χ0v) is 17.6. The van der Waals surface area contributed by atoms with Crippen molar-refractivity contribution in [1.29, 1.82) is 0 Å². The normalized spacial score (nSPS) is 18.6. The van der Waals surface area contributed by atoms with Gasteiger partial charge in [0.15, 0.2) is 0 Å². The van der Waals surface area contributed by atoms with Crippen molar-refractivity contribution in [1.82, 2.24) is 19.9 Å². The van der Waals surface area contributed by atoms with E-state index in [1.54, 1.807) is 24.0 Å². The number of nitrogens with zero attached hydrogens (tertiary/aromatic N) is 4. The number of amides is 1. The van der Waals surface area contributed by atoms with Crippen LogP contribution in [0.1, 0.15) is 34.6 Å². The molecule has 1 saturated heterocycles. The number of rotatable bonds is 4. The number of carbonyl (C=O) groups is 1. The third-order valence-corrected chi connectivity index (χ3v) is 5.39. The van der Waals surface area contributed by atoms with Gasteiger partial charge >= 0.3 is 6.18 Å². The summed E-state index contributed by atoms with van der Waals surface area (Å²) in [6.45, 7) is 2.18. The zero-order valence-electron chi connectivity index (χ0n) is 17.6. The first-order chi connectivity index (χ1) is 15.8. The van der Waals surface area contributed by atoms with Gasteiger partial charge in [-0.15, -0.1) is 6.42 Å². The van der Waals surface area contributed by atoms with Gasteiger partial charge in [0.05, 0.1) is 23.4 Å². The number of nitrogens with one attached hydrogen (secondary N) is 1. The van der Waals surface area contributed by atoms with Gasteiger partial charge in [0, 0.05) is 18.4 Å². The Balaban J connectivity index is 1.59. The van der Waals surface area contributed by atoms with Crippen LogP contribution in [-0.2, 0) is 6.18 Å². The lowest BCUT2D eigenvalue weighted by Crippen LogP contribution is -2.53. The largest absolute Gasteiger partial charge is 0.444 e. The fraction of sp³-hybridized carbons (Fsp3) is 0.304. The Bertz CT molecular complexity index is 1170. The number of halogens is 3.